The van der Waals surface area contributed by atoms with Gasteiger partial charge in [-0.25, -0.2) is 4.99 Å². The van der Waals surface area contributed by atoms with Gasteiger partial charge in [0.25, 0.3) is 0 Å². The molecule has 0 saturated carbocycles. The fraction of sp³-hybridized carbons (Fsp3) is 0.235. The van der Waals surface area contributed by atoms with Crippen LogP contribution >= 0.6 is 0 Å². The Labute approximate surface area is 236 Å². The highest BCUT2D eigenvalue weighted by Gasteiger charge is 2.36. The van der Waals surface area contributed by atoms with Crippen molar-refractivity contribution in [1.29, 1.82) is 0 Å². The first-order valence-electron chi connectivity index (χ1n) is 13.4. The van der Waals surface area contributed by atoms with Crippen molar-refractivity contribution in [2.24, 2.45) is 9.98 Å². The molecule has 40 heavy (non-hydrogen) atoms. The van der Waals surface area contributed by atoms with E-state index in [2.05, 4.69) is 4.99 Å². The molecule has 1 heterocycles. The third-order valence-electron chi connectivity index (χ3n) is 7.08. The molecule has 0 aliphatic carbocycles. The molecule has 0 atom stereocenters. The summed E-state index contributed by atoms with van der Waals surface area (Å²) in [6.07, 6.45) is 0. The van der Waals surface area contributed by atoms with Crippen LogP contribution in [0, 0.1) is 27.7 Å². The van der Waals surface area contributed by atoms with Crippen LogP contribution in [0.5, 0.6) is 34.5 Å². The molecule has 6 heteroatoms. The predicted molar refractivity (Wildman–Crippen MR) is 164 cm³/mol. The summed E-state index contributed by atoms with van der Waals surface area (Å²) in [5.74, 6) is 4.33. The van der Waals surface area contributed by atoms with Gasteiger partial charge in [0, 0.05) is 26.7 Å². The van der Waals surface area contributed by atoms with Gasteiger partial charge in [0.15, 0.2) is 17.3 Å². The standard InChI is InChI=1S/C34H35N3O3/c1-20-14-9-11-18-25(20)38-32-29(37(7)8)27-24(5)36-34(35-6)28(27)31(40-30-22(3)16-13-17-23(30)4)33(32)39-26-19-12-10-15-21(26)2/h9-19H,1-8H3. The lowest BCUT2D eigenvalue weighted by Crippen LogP contribution is -2.16. The zero-order valence-corrected chi connectivity index (χ0v) is 24.4. The van der Waals surface area contributed by atoms with Crippen LogP contribution in [-0.2, 0) is 0 Å². The second kappa shape index (κ2) is 10.9. The molecule has 1 aliphatic heterocycles. The van der Waals surface area contributed by atoms with Gasteiger partial charge >= 0.3 is 0 Å². The van der Waals surface area contributed by atoms with E-state index in [1.165, 1.54) is 0 Å². The van der Waals surface area contributed by atoms with E-state index in [0.717, 1.165) is 56.3 Å². The number of rotatable bonds is 7. The van der Waals surface area contributed by atoms with Crippen LogP contribution < -0.4 is 19.1 Å². The minimum absolute atomic E-state index is 0.466. The van der Waals surface area contributed by atoms with Crippen molar-refractivity contribution in [3.8, 4) is 34.5 Å². The summed E-state index contributed by atoms with van der Waals surface area (Å²) < 4.78 is 20.5. The Morgan fingerprint density at radius 1 is 0.575 bits per heavy atom. The fourth-order valence-corrected chi connectivity index (χ4v) is 5.00. The number of para-hydroxylation sites is 3. The molecular formula is C34H35N3O3. The van der Waals surface area contributed by atoms with E-state index in [4.69, 9.17) is 19.2 Å². The first kappa shape index (κ1) is 27.0. The summed E-state index contributed by atoms with van der Waals surface area (Å²) in [4.78, 5) is 11.4. The minimum Gasteiger partial charge on any atom is -0.452 e. The maximum absolute atomic E-state index is 6.87. The molecule has 4 aromatic rings. The normalized spacial score (nSPS) is 13.2. The van der Waals surface area contributed by atoms with Crippen LogP contribution in [0.1, 0.15) is 40.3 Å². The first-order valence-corrected chi connectivity index (χ1v) is 13.4. The van der Waals surface area contributed by atoms with Gasteiger partial charge in [0.2, 0.25) is 5.75 Å². The summed E-state index contributed by atoms with van der Waals surface area (Å²) in [5.41, 5.74) is 7.40. The second-order valence-electron chi connectivity index (χ2n) is 10.3. The van der Waals surface area contributed by atoms with Crippen LogP contribution in [-0.4, -0.2) is 32.7 Å². The van der Waals surface area contributed by atoms with Gasteiger partial charge in [-0.05, 0) is 69.0 Å². The topological polar surface area (TPSA) is 55.7 Å². The molecule has 4 aromatic carbocycles. The number of hydrogen-bond acceptors (Lipinski definition) is 5. The molecule has 0 bridgehead atoms. The van der Waals surface area contributed by atoms with E-state index in [1.807, 2.05) is 120 Å². The molecule has 204 valence electrons. The van der Waals surface area contributed by atoms with Gasteiger partial charge in [0.1, 0.15) is 17.2 Å². The van der Waals surface area contributed by atoms with Crippen LogP contribution in [0.15, 0.2) is 76.7 Å². The largest absolute Gasteiger partial charge is 0.452 e. The number of amidine groups is 1. The molecule has 0 aromatic heterocycles. The van der Waals surface area contributed by atoms with Crippen molar-refractivity contribution in [3.05, 3.63) is 100 Å². The molecule has 0 fully saturated rings. The van der Waals surface area contributed by atoms with E-state index in [1.54, 1.807) is 7.05 Å². The number of ether oxygens (including phenoxy) is 3. The van der Waals surface area contributed by atoms with Gasteiger partial charge in [0.05, 0.1) is 17.0 Å². The van der Waals surface area contributed by atoms with E-state index >= 15 is 0 Å². The molecule has 1 aliphatic rings. The Balaban J connectivity index is 1.90. The van der Waals surface area contributed by atoms with E-state index < -0.39 is 0 Å². The molecule has 6 nitrogen and oxygen atoms in total. The molecule has 0 radical (unpaired) electrons. The molecule has 0 saturated heterocycles. The van der Waals surface area contributed by atoms with Crippen molar-refractivity contribution in [1.82, 2.24) is 0 Å². The Bertz CT molecular complexity index is 1650. The number of nitrogens with zero attached hydrogens (tertiary/aromatic N) is 3. The van der Waals surface area contributed by atoms with Crippen molar-refractivity contribution < 1.29 is 14.2 Å². The summed E-state index contributed by atoms with van der Waals surface area (Å²) in [7, 11) is 5.75. The number of hydrogen-bond donors (Lipinski definition) is 0. The lowest BCUT2D eigenvalue weighted by molar-refractivity contribution is 0.382. The average molecular weight is 534 g/mol. The SMILES string of the molecule is CN=C1N=C(C)c2c1c(Oc1c(C)cccc1C)c(Oc1ccccc1C)c(Oc1ccccc1C)c2N(C)C. The smallest absolute Gasteiger partial charge is 0.215 e. The summed E-state index contributed by atoms with van der Waals surface area (Å²) >= 11 is 0. The van der Waals surface area contributed by atoms with Crippen molar-refractivity contribution >= 4 is 17.2 Å². The number of aryl methyl sites for hydroxylation is 4. The molecule has 0 amide bonds. The van der Waals surface area contributed by atoms with Crippen LogP contribution in [0.25, 0.3) is 0 Å². The highest BCUT2D eigenvalue weighted by Crippen LogP contribution is 2.56. The van der Waals surface area contributed by atoms with E-state index in [9.17, 15) is 0 Å². The van der Waals surface area contributed by atoms with Crippen LogP contribution in [0.2, 0.25) is 0 Å². The Morgan fingerprint density at radius 2 is 1.10 bits per heavy atom. The van der Waals surface area contributed by atoms with Crippen molar-refractivity contribution in [2.75, 3.05) is 26.0 Å². The summed E-state index contributed by atoms with van der Waals surface area (Å²) in [5, 5.41) is 0. The molecule has 5 rings (SSSR count). The fourth-order valence-electron chi connectivity index (χ4n) is 5.00. The monoisotopic (exact) mass is 533 g/mol. The Kier molecular flexibility index (Phi) is 7.35. The highest BCUT2D eigenvalue weighted by atomic mass is 16.5. The Hall–Kier alpha value is -4.58. The number of fused-ring (bicyclic) bond motifs is 1. The first-order chi connectivity index (χ1) is 19.2. The van der Waals surface area contributed by atoms with Gasteiger partial charge < -0.3 is 19.1 Å². The second-order valence-corrected chi connectivity index (χ2v) is 10.3. The maximum atomic E-state index is 6.87. The third kappa shape index (κ3) is 4.81. The summed E-state index contributed by atoms with van der Waals surface area (Å²) in [6, 6.07) is 22.0. The quantitative estimate of drug-likeness (QED) is 0.239. The zero-order chi connectivity index (χ0) is 28.6. The van der Waals surface area contributed by atoms with Crippen molar-refractivity contribution in [3.63, 3.8) is 0 Å². The number of aliphatic imine (C=N–C) groups is 2. The highest BCUT2D eigenvalue weighted by molar-refractivity contribution is 6.27. The lowest BCUT2D eigenvalue weighted by Gasteiger charge is -2.27. The number of anilines is 1. The predicted octanol–water partition coefficient (Wildman–Crippen LogP) is 8.56. The van der Waals surface area contributed by atoms with E-state index in [-0.39, 0.29) is 0 Å². The summed E-state index contributed by atoms with van der Waals surface area (Å²) in [6.45, 7) is 10.1. The van der Waals surface area contributed by atoms with Gasteiger partial charge in [-0.15, -0.1) is 0 Å². The molecule has 0 N–H and O–H groups in total. The van der Waals surface area contributed by atoms with Crippen molar-refractivity contribution in [2.45, 2.75) is 34.6 Å². The average Bonchev–Trinajstić information content (AvgIpc) is 3.25. The maximum Gasteiger partial charge on any atom is 0.215 e. The molecular weight excluding hydrogens is 498 g/mol. The van der Waals surface area contributed by atoms with Crippen LogP contribution in [0.4, 0.5) is 5.69 Å². The minimum atomic E-state index is 0.466. The number of benzene rings is 4. The van der Waals surface area contributed by atoms with E-state index in [0.29, 0.717) is 28.8 Å². The van der Waals surface area contributed by atoms with Gasteiger partial charge in [-0.1, -0.05) is 54.6 Å². The van der Waals surface area contributed by atoms with Gasteiger partial charge in [-0.3, -0.25) is 4.99 Å². The van der Waals surface area contributed by atoms with Crippen LogP contribution in [0.3, 0.4) is 0 Å². The Morgan fingerprint density at radius 3 is 1.62 bits per heavy atom. The van der Waals surface area contributed by atoms with Gasteiger partial charge in [-0.2, -0.15) is 0 Å². The third-order valence-corrected chi connectivity index (χ3v) is 7.08. The zero-order valence-electron chi connectivity index (χ0n) is 24.4. The molecule has 0 spiro atoms. The lowest BCUT2D eigenvalue weighted by atomic mass is 9.99. The molecule has 0 unspecified atom stereocenters.